The van der Waals surface area contributed by atoms with E-state index in [2.05, 4.69) is 20.7 Å². The maximum atomic E-state index is 15.2. The van der Waals surface area contributed by atoms with Crippen molar-refractivity contribution < 1.29 is 18.8 Å². The van der Waals surface area contributed by atoms with Gasteiger partial charge in [-0.1, -0.05) is 28.9 Å². The van der Waals surface area contributed by atoms with Crippen LogP contribution in [-0.4, -0.2) is 82.8 Å². The average Bonchev–Trinajstić information content (AvgIpc) is 3.70. The molecule has 9 nitrogen and oxygen atoms in total. The fraction of sp³-hybridized carbons (Fsp3) is 0.519. The van der Waals surface area contributed by atoms with Crippen molar-refractivity contribution in [2.24, 2.45) is 0 Å². The number of benzene rings is 1. The Morgan fingerprint density at radius 2 is 2.08 bits per heavy atom. The standard InChI is InChI=1S/C27H34ClFN6O3/c1-15-23(16(2)38-34-15)25-24(28)27(31-22-9-10-35(13-21(22)29)18-7-8-18)33-26(32-25)17-5-4-6-20(11-17)37-14-19(36)12-30-3/h4-6,11,18-19,21-22,30,36H,7-10,12-14H2,1-3H3,(H,31,32,33)/t19-,21+,22-/m1/s1. The summed E-state index contributed by atoms with van der Waals surface area (Å²) < 4.78 is 26.4. The Balaban J connectivity index is 1.47. The highest BCUT2D eigenvalue weighted by Crippen LogP contribution is 2.38. The summed E-state index contributed by atoms with van der Waals surface area (Å²) in [4.78, 5) is 11.8. The topological polar surface area (TPSA) is 109 Å². The SMILES string of the molecule is CNC[C@@H](O)COc1cccc(-c2nc(N[C@@H]3CCN(C4CC4)C[C@@H]3F)c(Cl)c(-c3c(C)noc3C)n2)c1. The van der Waals surface area contributed by atoms with Crippen LogP contribution in [0.15, 0.2) is 28.8 Å². The van der Waals surface area contributed by atoms with Crippen LogP contribution in [0.2, 0.25) is 5.02 Å². The van der Waals surface area contributed by atoms with Crippen molar-refractivity contribution in [3.05, 3.63) is 40.7 Å². The van der Waals surface area contributed by atoms with Crippen LogP contribution in [0, 0.1) is 13.8 Å². The summed E-state index contributed by atoms with van der Waals surface area (Å²) >= 11 is 6.86. The van der Waals surface area contributed by atoms with Crippen molar-refractivity contribution in [1.82, 2.24) is 25.3 Å². The second-order valence-electron chi connectivity index (χ2n) is 10.1. The molecule has 11 heteroatoms. The van der Waals surface area contributed by atoms with Crippen LogP contribution in [0.25, 0.3) is 22.6 Å². The van der Waals surface area contributed by atoms with Gasteiger partial charge in [0.05, 0.1) is 17.3 Å². The number of ether oxygens (including phenoxy) is 1. The molecule has 0 amide bonds. The van der Waals surface area contributed by atoms with Crippen LogP contribution in [0.3, 0.4) is 0 Å². The molecule has 3 aromatic rings. The first-order valence-electron chi connectivity index (χ1n) is 13.1. The van der Waals surface area contributed by atoms with E-state index in [0.29, 0.717) is 76.2 Å². The third-order valence-corrected chi connectivity index (χ3v) is 7.41. The third kappa shape index (κ3) is 5.93. The highest BCUT2D eigenvalue weighted by molar-refractivity contribution is 6.35. The number of nitrogens with one attached hydrogen (secondary N) is 2. The molecule has 1 aliphatic carbocycles. The van der Waals surface area contributed by atoms with Crippen molar-refractivity contribution in [2.45, 2.75) is 57.5 Å². The summed E-state index contributed by atoms with van der Waals surface area (Å²) in [5.41, 5.74) is 2.50. The van der Waals surface area contributed by atoms with E-state index in [-0.39, 0.29) is 6.61 Å². The van der Waals surface area contributed by atoms with Crippen LogP contribution >= 0.6 is 11.6 Å². The van der Waals surface area contributed by atoms with Crippen molar-refractivity contribution in [1.29, 1.82) is 0 Å². The van der Waals surface area contributed by atoms with Crippen LogP contribution in [0.1, 0.15) is 30.7 Å². The first-order valence-corrected chi connectivity index (χ1v) is 13.4. The van der Waals surface area contributed by atoms with Crippen LogP contribution < -0.4 is 15.4 Å². The van der Waals surface area contributed by atoms with Crippen molar-refractivity contribution in [2.75, 3.05) is 38.6 Å². The van der Waals surface area contributed by atoms with Crippen molar-refractivity contribution >= 4 is 17.4 Å². The lowest BCUT2D eigenvalue weighted by Crippen LogP contribution is -2.48. The molecular weight excluding hydrogens is 511 g/mol. The van der Waals surface area contributed by atoms with Gasteiger partial charge in [-0.25, -0.2) is 14.4 Å². The van der Waals surface area contributed by atoms with Gasteiger partial charge in [-0.15, -0.1) is 0 Å². The average molecular weight is 545 g/mol. The number of aryl methyl sites for hydroxylation is 2. The molecule has 1 aromatic carbocycles. The number of aromatic nitrogens is 3. The molecule has 0 spiro atoms. The van der Waals surface area contributed by atoms with Gasteiger partial charge in [0, 0.05) is 31.2 Å². The molecule has 204 valence electrons. The van der Waals surface area contributed by atoms with Crippen molar-refractivity contribution in [3.63, 3.8) is 0 Å². The van der Waals surface area contributed by atoms with Gasteiger partial charge >= 0.3 is 0 Å². The molecule has 2 fully saturated rings. The Bertz CT molecular complexity index is 1250. The molecule has 0 bridgehead atoms. The smallest absolute Gasteiger partial charge is 0.162 e. The van der Waals surface area contributed by atoms with E-state index in [1.54, 1.807) is 20.0 Å². The minimum atomic E-state index is -1.04. The third-order valence-electron chi connectivity index (χ3n) is 7.05. The number of halogens is 2. The maximum Gasteiger partial charge on any atom is 0.162 e. The normalized spacial score (nSPS) is 20.9. The van der Waals surface area contributed by atoms with E-state index in [4.69, 9.17) is 30.8 Å². The molecule has 0 radical (unpaired) electrons. The number of aliphatic hydroxyl groups excluding tert-OH is 1. The molecule has 3 atom stereocenters. The fourth-order valence-electron chi connectivity index (χ4n) is 4.91. The lowest BCUT2D eigenvalue weighted by atomic mass is 10.0. The largest absolute Gasteiger partial charge is 0.491 e. The second kappa shape index (κ2) is 11.5. The summed E-state index contributed by atoms with van der Waals surface area (Å²) in [5, 5.41) is 20.6. The lowest BCUT2D eigenvalue weighted by Gasteiger charge is -2.35. The number of anilines is 1. The second-order valence-corrected chi connectivity index (χ2v) is 10.5. The molecule has 1 saturated carbocycles. The fourth-order valence-corrected chi connectivity index (χ4v) is 5.14. The number of likely N-dealkylation sites (N-methyl/N-ethyl adjacent to an activating group) is 1. The van der Waals surface area contributed by atoms with E-state index in [0.717, 1.165) is 19.4 Å². The predicted molar refractivity (Wildman–Crippen MR) is 144 cm³/mol. The van der Waals surface area contributed by atoms with Crippen LogP contribution in [0.4, 0.5) is 10.2 Å². The molecule has 5 rings (SSSR count). The Kier molecular flexibility index (Phi) is 8.13. The molecule has 3 heterocycles. The number of likely N-dealkylation sites (tertiary alicyclic amines) is 1. The predicted octanol–water partition coefficient (Wildman–Crippen LogP) is 4.01. The zero-order chi connectivity index (χ0) is 26.8. The Labute approximate surface area is 226 Å². The molecule has 1 saturated heterocycles. The Hall–Kier alpha value is -2.79. The number of piperidine rings is 1. The monoisotopic (exact) mass is 544 g/mol. The first-order chi connectivity index (χ1) is 18.3. The van der Waals surface area contributed by atoms with Crippen molar-refractivity contribution in [3.8, 4) is 28.4 Å². The zero-order valence-electron chi connectivity index (χ0n) is 21.9. The molecular formula is C27H34ClFN6O3. The van der Waals surface area contributed by atoms with E-state index in [9.17, 15) is 5.11 Å². The van der Waals surface area contributed by atoms with Gasteiger partial charge in [0.15, 0.2) is 5.82 Å². The van der Waals surface area contributed by atoms with E-state index in [1.165, 1.54) is 0 Å². The van der Waals surface area contributed by atoms with Gasteiger partial charge in [-0.05, 0) is 52.3 Å². The number of hydrogen-bond acceptors (Lipinski definition) is 9. The van der Waals surface area contributed by atoms with Gasteiger partial charge < -0.3 is 25.0 Å². The Morgan fingerprint density at radius 1 is 1.26 bits per heavy atom. The highest BCUT2D eigenvalue weighted by Gasteiger charge is 2.37. The quantitative estimate of drug-likeness (QED) is 0.349. The van der Waals surface area contributed by atoms with E-state index in [1.807, 2.05) is 25.1 Å². The lowest BCUT2D eigenvalue weighted by molar-refractivity contribution is 0.108. The number of rotatable bonds is 10. The molecule has 3 N–H and O–H groups in total. The van der Waals surface area contributed by atoms with Gasteiger partial charge in [-0.3, -0.25) is 4.90 Å². The van der Waals surface area contributed by atoms with E-state index < -0.39 is 18.3 Å². The molecule has 0 unspecified atom stereocenters. The number of aliphatic hydroxyl groups is 1. The number of hydrogen-bond donors (Lipinski definition) is 3. The van der Waals surface area contributed by atoms with Gasteiger partial charge in [0.25, 0.3) is 0 Å². The van der Waals surface area contributed by atoms with Gasteiger partial charge in [-0.2, -0.15) is 0 Å². The summed E-state index contributed by atoms with van der Waals surface area (Å²) in [5.74, 6) is 1.92. The summed E-state index contributed by atoms with van der Waals surface area (Å²) in [6.07, 6.45) is 1.29. The van der Waals surface area contributed by atoms with Crippen LogP contribution in [-0.2, 0) is 0 Å². The summed E-state index contributed by atoms with van der Waals surface area (Å²) in [6.45, 7) is 5.44. The Morgan fingerprint density at radius 3 is 2.76 bits per heavy atom. The molecule has 2 aromatic heterocycles. The van der Waals surface area contributed by atoms with Gasteiger partial charge in [0.2, 0.25) is 0 Å². The van der Waals surface area contributed by atoms with Gasteiger partial charge in [0.1, 0.15) is 46.9 Å². The molecule has 2 aliphatic rings. The molecule has 1 aliphatic heterocycles. The number of alkyl halides is 1. The highest BCUT2D eigenvalue weighted by atomic mass is 35.5. The zero-order valence-corrected chi connectivity index (χ0v) is 22.6. The minimum absolute atomic E-state index is 0.139. The maximum absolute atomic E-state index is 15.2. The minimum Gasteiger partial charge on any atom is -0.491 e. The molecule has 38 heavy (non-hydrogen) atoms. The first kappa shape index (κ1) is 26.8. The summed E-state index contributed by atoms with van der Waals surface area (Å²) in [6, 6.07) is 7.44. The van der Waals surface area contributed by atoms with E-state index >= 15 is 4.39 Å². The number of nitrogens with zero attached hydrogens (tertiary/aromatic N) is 4. The van der Waals surface area contributed by atoms with Crippen LogP contribution in [0.5, 0.6) is 5.75 Å². The summed E-state index contributed by atoms with van der Waals surface area (Å²) in [7, 11) is 1.77.